The molecule has 83 heavy (non-hydrogen) atoms. The SMILES string of the molecule is CSCC[C@H](NC(=O)[C@H](CCCN=C(N)N)NC(=O)[C@@H](NC(=O)[C@@H]1CCCN1C(=O)[C@@H](N)Cc1ccccc1)C(C)C)C(=O)N[C@@H](Cc1ccccc1)C(=O)N[C@@H](Cc1ccccc1)C(=O)N[C@@H](C)C(=O)N[C@@H](Cc1ccccc1)C(=O)O. The molecule has 5 rings (SSSR count). The van der Waals surface area contributed by atoms with Gasteiger partial charge in [0.15, 0.2) is 5.96 Å². The van der Waals surface area contributed by atoms with E-state index in [0.29, 0.717) is 41.8 Å². The van der Waals surface area contributed by atoms with E-state index >= 15 is 0 Å². The Morgan fingerprint density at radius 3 is 1.46 bits per heavy atom. The van der Waals surface area contributed by atoms with Crippen LogP contribution in [0.2, 0.25) is 0 Å². The molecule has 446 valence electrons. The first-order valence-corrected chi connectivity index (χ1v) is 29.2. The Labute approximate surface area is 489 Å². The molecule has 14 N–H and O–H groups in total. The molecule has 23 heteroatoms. The maximum Gasteiger partial charge on any atom is 0.326 e. The highest BCUT2D eigenvalue weighted by Gasteiger charge is 2.39. The highest BCUT2D eigenvalue weighted by atomic mass is 32.2. The molecule has 9 atom stereocenters. The first kappa shape index (κ1) is 65.5. The van der Waals surface area contributed by atoms with Crippen molar-refractivity contribution in [1.29, 1.82) is 0 Å². The Kier molecular flexibility index (Phi) is 26.5. The lowest BCUT2D eigenvalue weighted by Gasteiger charge is -2.30. The summed E-state index contributed by atoms with van der Waals surface area (Å²) >= 11 is 1.40. The highest BCUT2D eigenvalue weighted by molar-refractivity contribution is 7.98. The standard InChI is InChI=1S/C60H80N12O10S/c1-37(2)50(71-56(78)49-28-18-31-72(49)58(80)43(61)33-39-19-9-5-10-20-39)57(79)67-44(27-17-30-64-60(62)63)52(74)66-45(29-32-83-4)53(75)68-47(35-41-23-13-7-14-24-41)55(77)69-46(34-40-21-11-6-12-22-40)54(76)65-38(3)51(73)70-48(59(81)82)36-42-25-15-8-16-26-42/h5-16,19-26,37-38,43-50H,17-18,27-36,61H2,1-4H3,(H,65,76)(H,66,74)(H,67,79)(H,68,75)(H,69,77)(H,70,73)(H,71,78)(H,81,82)(H4,62,63,64)/t38-,43-,44-,45-,46-,47-,48-,49-,50-/m0/s1. The quantitative estimate of drug-likeness (QED) is 0.0186. The summed E-state index contributed by atoms with van der Waals surface area (Å²) in [6.07, 6.45) is 3.14. The van der Waals surface area contributed by atoms with Gasteiger partial charge in [0.05, 0.1) is 6.04 Å². The van der Waals surface area contributed by atoms with E-state index in [0.717, 1.165) is 5.56 Å². The van der Waals surface area contributed by atoms with Crippen LogP contribution in [0.4, 0.5) is 0 Å². The predicted octanol–water partition coefficient (Wildman–Crippen LogP) is 1.24. The molecule has 0 radical (unpaired) electrons. The Bertz CT molecular complexity index is 2810. The Balaban J connectivity index is 1.34. The van der Waals surface area contributed by atoms with Crippen molar-refractivity contribution < 1.29 is 48.3 Å². The number of nitrogens with zero attached hydrogens (tertiary/aromatic N) is 2. The van der Waals surface area contributed by atoms with Gasteiger partial charge in [0.25, 0.3) is 0 Å². The second kappa shape index (κ2) is 33.6. The third kappa shape index (κ3) is 21.5. The average molecular weight is 1160 g/mol. The zero-order chi connectivity index (χ0) is 60.4. The van der Waals surface area contributed by atoms with Crippen molar-refractivity contribution in [3.8, 4) is 0 Å². The maximum absolute atomic E-state index is 14.6. The van der Waals surface area contributed by atoms with Crippen molar-refractivity contribution in [2.24, 2.45) is 28.1 Å². The summed E-state index contributed by atoms with van der Waals surface area (Å²) in [4.78, 5) is 131. The fraction of sp³-hybridized carbons (Fsp3) is 0.433. The van der Waals surface area contributed by atoms with E-state index in [1.807, 2.05) is 36.6 Å². The van der Waals surface area contributed by atoms with Crippen LogP contribution >= 0.6 is 11.8 Å². The van der Waals surface area contributed by atoms with Gasteiger partial charge in [0.2, 0.25) is 47.3 Å². The summed E-state index contributed by atoms with van der Waals surface area (Å²) < 4.78 is 0. The average Bonchev–Trinajstić information content (AvgIpc) is 4.14. The topological polar surface area (TPSA) is 352 Å². The zero-order valence-corrected chi connectivity index (χ0v) is 48.3. The van der Waals surface area contributed by atoms with E-state index < -0.39 is 108 Å². The number of benzene rings is 4. The lowest BCUT2D eigenvalue weighted by atomic mass is 10.0. The molecule has 4 aromatic rings. The number of likely N-dealkylation sites (tertiary alicyclic amines) is 1. The summed E-state index contributed by atoms with van der Waals surface area (Å²) in [6, 6.07) is 24.9. The first-order valence-electron chi connectivity index (χ1n) is 27.9. The predicted molar refractivity (Wildman–Crippen MR) is 318 cm³/mol. The highest BCUT2D eigenvalue weighted by Crippen LogP contribution is 2.21. The van der Waals surface area contributed by atoms with Crippen LogP contribution in [0.25, 0.3) is 0 Å². The summed E-state index contributed by atoms with van der Waals surface area (Å²) in [6.45, 7) is 5.23. The molecular weight excluding hydrogens is 1080 g/mol. The molecule has 0 bridgehead atoms. The van der Waals surface area contributed by atoms with Gasteiger partial charge in [-0.15, -0.1) is 0 Å². The minimum Gasteiger partial charge on any atom is -0.480 e. The van der Waals surface area contributed by atoms with Gasteiger partial charge < -0.3 is 64.4 Å². The second-order valence-electron chi connectivity index (χ2n) is 20.9. The van der Waals surface area contributed by atoms with Gasteiger partial charge >= 0.3 is 5.97 Å². The molecule has 1 saturated heterocycles. The zero-order valence-electron chi connectivity index (χ0n) is 47.5. The van der Waals surface area contributed by atoms with Crippen LogP contribution in [0.15, 0.2) is 126 Å². The number of nitrogens with two attached hydrogens (primary N) is 3. The smallest absolute Gasteiger partial charge is 0.326 e. The summed E-state index contributed by atoms with van der Waals surface area (Å²) in [5, 5.41) is 29.1. The van der Waals surface area contributed by atoms with Crippen molar-refractivity contribution in [1.82, 2.24) is 42.1 Å². The van der Waals surface area contributed by atoms with Crippen LogP contribution in [-0.2, 0) is 68.8 Å². The number of rotatable bonds is 32. The van der Waals surface area contributed by atoms with E-state index in [2.05, 4.69) is 42.2 Å². The first-order chi connectivity index (χ1) is 39.7. The number of thioether (sulfide) groups is 1. The van der Waals surface area contributed by atoms with Crippen LogP contribution < -0.4 is 54.4 Å². The number of guanidine groups is 1. The lowest BCUT2D eigenvalue weighted by Crippen LogP contribution is -2.61. The van der Waals surface area contributed by atoms with Gasteiger partial charge in [0.1, 0.15) is 48.3 Å². The van der Waals surface area contributed by atoms with Crippen LogP contribution in [0.3, 0.4) is 0 Å². The van der Waals surface area contributed by atoms with Crippen LogP contribution in [-0.4, -0.2) is 149 Å². The van der Waals surface area contributed by atoms with Gasteiger partial charge in [-0.25, -0.2) is 4.79 Å². The van der Waals surface area contributed by atoms with Crippen LogP contribution in [0.1, 0.15) is 75.1 Å². The largest absolute Gasteiger partial charge is 0.480 e. The van der Waals surface area contributed by atoms with Crippen LogP contribution in [0, 0.1) is 5.92 Å². The van der Waals surface area contributed by atoms with Gasteiger partial charge in [0, 0.05) is 32.4 Å². The van der Waals surface area contributed by atoms with Crippen molar-refractivity contribution in [2.45, 2.75) is 133 Å². The Hall–Kier alpha value is -8.31. The van der Waals surface area contributed by atoms with Crippen LogP contribution in [0.5, 0.6) is 0 Å². The minimum atomic E-state index is -1.34. The fourth-order valence-electron chi connectivity index (χ4n) is 9.46. The molecule has 1 heterocycles. The molecule has 22 nitrogen and oxygen atoms in total. The van der Waals surface area contributed by atoms with E-state index in [1.165, 1.54) is 23.6 Å². The molecular formula is C60H80N12O10S. The van der Waals surface area contributed by atoms with E-state index in [1.54, 1.807) is 105 Å². The Morgan fingerprint density at radius 2 is 0.988 bits per heavy atom. The number of aliphatic imine (C=N–C) groups is 1. The molecule has 1 aliphatic heterocycles. The molecule has 0 saturated carbocycles. The Morgan fingerprint density at radius 1 is 0.566 bits per heavy atom. The van der Waals surface area contributed by atoms with Gasteiger partial charge in [-0.05, 0) is 85.6 Å². The molecule has 1 fully saturated rings. The number of hydrogen-bond donors (Lipinski definition) is 11. The van der Waals surface area contributed by atoms with Crippen molar-refractivity contribution in [2.75, 3.05) is 25.1 Å². The monoisotopic (exact) mass is 1160 g/mol. The second-order valence-corrected chi connectivity index (χ2v) is 21.9. The number of carboxylic acid groups (broad SMARTS) is 1. The van der Waals surface area contributed by atoms with Crippen molar-refractivity contribution in [3.05, 3.63) is 144 Å². The molecule has 0 aromatic heterocycles. The van der Waals surface area contributed by atoms with E-state index in [9.17, 15) is 48.3 Å². The third-order valence-electron chi connectivity index (χ3n) is 14.0. The number of amides is 8. The van der Waals surface area contributed by atoms with Gasteiger partial charge in [-0.2, -0.15) is 11.8 Å². The van der Waals surface area contributed by atoms with E-state index in [4.69, 9.17) is 17.2 Å². The molecule has 1 aliphatic rings. The number of carbonyl (C=O) groups excluding carboxylic acids is 8. The van der Waals surface area contributed by atoms with Crippen molar-refractivity contribution >= 4 is 70.9 Å². The molecule has 0 spiro atoms. The number of hydrogen-bond acceptors (Lipinski definition) is 12. The number of carbonyl (C=O) groups is 9. The normalized spacial score (nSPS) is 15.8. The van der Waals surface area contributed by atoms with E-state index in [-0.39, 0.29) is 63.4 Å². The molecule has 8 amide bonds. The summed E-state index contributed by atoms with van der Waals surface area (Å²) in [5.41, 5.74) is 20.4. The molecule has 0 aliphatic carbocycles. The molecule has 0 unspecified atom stereocenters. The minimum absolute atomic E-state index is 0.00774. The summed E-state index contributed by atoms with van der Waals surface area (Å²) in [7, 11) is 0. The maximum atomic E-state index is 14.6. The number of carboxylic acids is 1. The fourth-order valence-corrected chi connectivity index (χ4v) is 9.93. The van der Waals surface area contributed by atoms with Gasteiger partial charge in [-0.3, -0.25) is 43.3 Å². The molecule has 4 aromatic carbocycles. The summed E-state index contributed by atoms with van der Waals surface area (Å²) in [5.74, 6) is -7.04. The number of aliphatic carboxylic acids is 1. The number of nitrogens with one attached hydrogen (secondary N) is 7. The van der Waals surface area contributed by atoms with Gasteiger partial charge in [-0.1, -0.05) is 135 Å². The lowest BCUT2D eigenvalue weighted by molar-refractivity contribution is -0.142. The van der Waals surface area contributed by atoms with Crippen molar-refractivity contribution in [3.63, 3.8) is 0 Å². The third-order valence-corrected chi connectivity index (χ3v) is 14.6.